The van der Waals surface area contributed by atoms with Crippen LogP contribution in [0.3, 0.4) is 0 Å². The fourth-order valence-electron chi connectivity index (χ4n) is 3.08. The van der Waals surface area contributed by atoms with Gasteiger partial charge in [-0.05, 0) is 54.1 Å². The summed E-state index contributed by atoms with van der Waals surface area (Å²) in [5.41, 5.74) is 3.18. The summed E-state index contributed by atoms with van der Waals surface area (Å²) in [5, 5.41) is 5.17. The van der Waals surface area contributed by atoms with Gasteiger partial charge in [0.05, 0.1) is 12.8 Å². The molecule has 166 valence electrons. The number of benzene rings is 3. The molecule has 0 aliphatic heterocycles. The zero-order chi connectivity index (χ0) is 23.0. The molecule has 0 bridgehead atoms. The Morgan fingerprint density at radius 3 is 2.70 bits per heavy atom. The van der Waals surface area contributed by atoms with Crippen LogP contribution in [0.4, 0.5) is 9.52 Å². The van der Waals surface area contributed by atoms with Crippen molar-refractivity contribution < 1.29 is 18.7 Å². The molecule has 0 fully saturated rings. The van der Waals surface area contributed by atoms with E-state index < -0.39 is 0 Å². The highest BCUT2D eigenvalue weighted by molar-refractivity contribution is 7.14. The number of amides is 1. The number of hydrogen-bond acceptors (Lipinski definition) is 5. The van der Waals surface area contributed by atoms with Crippen LogP contribution in [0.25, 0.3) is 17.3 Å². The van der Waals surface area contributed by atoms with E-state index in [1.807, 2.05) is 47.8 Å². The van der Waals surface area contributed by atoms with Gasteiger partial charge in [0.15, 0.2) is 5.13 Å². The minimum absolute atomic E-state index is 0.224. The first-order valence-electron chi connectivity index (χ1n) is 10.2. The van der Waals surface area contributed by atoms with Crippen LogP contribution in [0.2, 0.25) is 0 Å². The SMILES string of the molecule is COc1ccc(-c2csc(NC(=O)C=Cc3ccccc3OCc3cccc(F)c3)n2)cc1. The third-order valence-electron chi connectivity index (χ3n) is 4.74. The van der Waals surface area contributed by atoms with E-state index in [1.54, 1.807) is 31.4 Å². The third-order valence-corrected chi connectivity index (χ3v) is 5.49. The molecule has 1 heterocycles. The molecule has 4 aromatic rings. The van der Waals surface area contributed by atoms with E-state index in [1.165, 1.54) is 29.5 Å². The first-order valence-corrected chi connectivity index (χ1v) is 11.0. The number of aromatic nitrogens is 1. The molecule has 4 rings (SSSR count). The van der Waals surface area contributed by atoms with Gasteiger partial charge in [-0.1, -0.05) is 30.3 Å². The molecule has 0 unspecified atom stereocenters. The third kappa shape index (κ3) is 6.05. The van der Waals surface area contributed by atoms with Crippen molar-refractivity contribution in [1.29, 1.82) is 0 Å². The highest BCUT2D eigenvalue weighted by Crippen LogP contribution is 2.27. The average Bonchev–Trinajstić information content (AvgIpc) is 3.30. The number of carbonyl (C=O) groups is 1. The highest BCUT2D eigenvalue weighted by atomic mass is 32.1. The lowest BCUT2D eigenvalue weighted by Crippen LogP contribution is -2.07. The smallest absolute Gasteiger partial charge is 0.250 e. The molecule has 7 heteroatoms. The van der Waals surface area contributed by atoms with Crippen molar-refractivity contribution in [3.8, 4) is 22.8 Å². The number of ether oxygens (including phenoxy) is 2. The fourth-order valence-corrected chi connectivity index (χ4v) is 3.80. The zero-order valence-corrected chi connectivity index (χ0v) is 18.6. The molecule has 0 saturated carbocycles. The summed E-state index contributed by atoms with van der Waals surface area (Å²) < 4.78 is 24.4. The number of nitrogens with one attached hydrogen (secondary N) is 1. The summed E-state index contributed by atoms with van der Waals surface area (Å²) >= 11 is 1.35. The Kier molecular flexibility index (Phi) is 7.12. The van der Waals surface area contributed by atoms with Crippen LogP contribution in [0.5, 0.6) is 11.5 Å². The van der Waals surface area contributed by atoms with E-state index in [2.05, 4.69) is 10.3 Å². The van der Waals surface area contributed by atoms with Gasteiger partial charge in [-0.3, -0.25) is 10.1 Å². The van der Waals surface area contributed by atoms with Gasteiger partial charge in [-0.25, -0.2) is 9.37 Å². The summed E-state index contributed by atoms with van der Waals surface area (Å²) in [4.78, 5) is 16.9. The van der Waals surface area contributed by atoms with Crippen molar-refractivity contribution in [1.82, 2.24) is 4.98 Å². The summed E-state index contributed by atoms with van der Waals surface area (Å²) in [7, 11) is 1.62. The number of para-hydroxylation sites is 1. The van der Waals surface area contributed by atoms with Crippen LogP contribution in [-0.4, -0.2) is 18.0 Å². The van der Waals surface area contributed by atoms with Crippen LogP contribution in [0.1, 0.15) is 11.1 Å². The van der Waals surface area contributed by atoms with E-state index in [4.69, 9.17) is 9.47 Å². The molecule has 1 N–H and O–H groups in total. The number of nitrogens with zero attached hydrogens (tertiary/aromatic N) is 1. The zero-order valence-electron chi connectivity index (χ0n) is 17.8. The quantitative estimate of drug-likeness (QED) is 0.319. The Bertz CT molecular complexity index is 1270. The van der Waals surface area contributed by atoms with Crippen molar-refractivity contribution in [2.24, 2.45) is 0 Å². The molecular weight excluding hydrogens is 439 g/mol. The molecule has 0 spiro atoms. The van der Waals surface area contributed by atoms with Crippen LogP contribution in [0, 0.1) is 5.82 Å². The summed E-state index contributed by atoms with van der Waals surface area (Å²) in [6, 6.07) is 21.2. The highest BCUT2D eigenvalue weighted by Gasteiger charge is 2.08. The van der Waals surface area contributed by atoms with Gasteiger partial charge < -0.3 is 9.47 Å². The number of thiazole rings is 1. The second-order valence-corrected chi connectivity index (χ2v) is 7.90. The van der Waals surface area contributed by atoms with E-state index >= 15 is 0 Å². The van der Waals surface area contributed by atoms with Gasteiger partial charge in [-0.15, -0.1) is 11.3 Å². The molecule has 0 aliphatic carbocycles. The lowest BCUT2D eigenvalue weighted by atomic mass is 10.2. The summed E-state index contributed by atoms with van der Waals surface area (Å²) in [5.74, 6) is 0.763. The Hall–Kier alpha value is -3.97. The lowest BCUT2D eigenvalue weighted by Gasteiger charge is -2.09. The number of hydrogen-bond donors (Lipinski definition) is 1. The maximum atomic E-state index is 13.4. The number of anilines is 1. The Labute approximate surface area is 195 Å². The molecule has 0 aliphatic rings. The van der Waals surface area contributed by atoms with Crippen molar-refractivity contribution in [2.45, 2.75) is 6.61 Å². The number of rotatable bonds is 8. The van der Waals surface area contributed by atoms with E-state index in [0.717, 1.165) is 28.1 Å². The maximum absolute atomic E-state index is 13.4. The monoisotopic (exact) mass is 460 g/mol. The van der Waals surface area contributed by atoms with Crippen LogP contribution in [0.15, 0.2) is 84.3 Å². The van der Waals surface area contributed by atoms with Crippen LogP contribution >= 0.6 is 11.3 Å². The van der Waals surface area contributed by atoms with E-state index in [9.17, 15) is 9.18 Å². The molecule has 0 radical (unpaired) electrons. The molecule has 5 nitrogen and oxygen atoms in total. The van der Waals surface area contributed by atoms with Crippen LogP contribution in [-0.2, 0) is 11.4 Å². The Morgan fingerprint density at radius 1 is 1.09 bits per heavy atom. The largest absolute Gasteiger partial charge is 0.497 e. The summed E-state index contributed by atoms with van der Waals surface area (Å²) in [6.45, 7) is 0.224. The van der Waals surface area contributed by atoms with Gasteiger partial charge in [0.2, 0.25) is 5.91 Å². The second kappa shape index (κ2) is 10.6. The van der Waals surface area contributed by atoms with Gasteiger partial charge in [-0.2, -0.15) is 0 Å². The van der Waals surface area contributed by atoms with Crippen molar-refractivity contribution in [3.63, 3.8) is 0 Å². The molecule has 33 heavy (non-hydrogen) atoms. The molecule has 0 saturated heterocycles. The van der Waals surface area contributed by atoms with Gasteiger partial charge in [0.1, 0.15) is 23.9 Å². The topological polar surface area (TPSA) is 60.5 Å². The van der Waals surface area contributed by atoms with Crippen molar-refractivity contribution >= 4 is 28.5 Å². The Morgan fingerprint density at radius 2 is 1.91 bits per heavy atom. The number of methoxy groups -OCH3 is 1. The molecule has 3 aromatic carbocycles. The van der Waals surface area contributed by atoms with Gasteiger partial charge in [0.25, 0.3) is 0 Å². The van der Waals surface area contributed by atoms with Crippen LogP contribution < -0.4 is 14.8 Å². The second-order valence-electron chi connectivity index (χ2n) is 7.05. The number of halogens is 1. The predicted molar refractivity (Wildman–Crippen MR) is 129 cm³/mol. The predicted octanol–water partition coefficient (Wildman–Crippen LogP) is 6.19. The standard InChI is InChI=1S/C26H21FN2O3S/c1-31-22-12-9-19(10-13-22)23-17-33-26(28-23)29-25(30)14-11-20-6-2-3-8-24(20)32-16-18-5-4-7-21(27)15-18/h2-15,17H,16H2,1H3,(H,28,29,30). The molecule has 1 amide bonds. The molecule has 1 aromatic heterocycles. The minimum atomic E-state index is -0.307. The molecule has 0 atom stereocenters. The first kappa shape index (κ1) is 22.2. The van der Waals surface area contributed by atoms with Gasteiger partial charge >= 0.3 is 0 Å². The fraction of sp³-hybridized carbons (Fsp3) is 0.0769. The first-order chi connectivity index (χ1) is 16.1. The maximum Gasteiger partial charge on any atom is 0.250 e. The minimum Gasteiger partial charge on any atom is -0.497 e. The Balaban J connectivity index is 1.38. The summed E-state index contributed by atoms with van der Waals surface area (Å²) in [6.07, 6.45) is 3.10. The average molecular weight is 461 g/mol. The van der Waals surface area contributed by atoms with Crippen molar-refractivity contribution in [3.05, 3.63) is 101 Å². The van der Waals surface area contributed by atoms with E-state index in [-0.39, 0.29) is 18.3 Å². The van der Waals surface area contributed by atoms with E-state index in [0.29, 0.717) is 10.9 Å². The van der Waals surface area contributed by atoms with Gasteiger partial charge in [0, 0.05) is 22.6 Å². The van der Waals surface area contributed by atoms with Crippen molar-refractivity contribution in [2.75, 3.05) is 12.4 Å². The normalized spacial score (nSPS) is 10.8. The lowest BCUT2D eigenvalue weighted by molar-refractivity contribution is -0.111. The number of carbonyl (C=O) groups excluding carboxylic acids is 1. The molecular formula is C26H21FN2O3S.